The summed E-state index contributed by atoms with van der Waals surface area (Å²) in [6.07, 6.45) is 5.07. The number of rotatable bonds is 10. The van der Waals surface area contributed by atoms with Gasteiger partial charge in [-0.25, -0.2) is 12.8 Å². The van der Waals surface area contributed by atoms with Crippen molar-refractivity contribution >= 4 is 15.9 Å². The molecule has 1 fully saturated rings. The summed E-state index contributed by atoms with van der Waals surface area (Å²) in [5, 5.41) is 2.82. The van der Waals surface area contributed by atoms with Gasteiger partial charge in [-0.3, -0.25) is 4.79 Å². The lowest BCUT2D eigenvalue weighted by atomic mass is 10.2. The molecule has 1 aliphatic heterocycles. The zero-order valence-electron chi connectivity index (χ0n) is 18.9. The summed E-state index contributed by atoms with van der Waals surface area (Å²) in [5.41, 5.74) is 0.270. The average molecular weight is 479 g/mol. The van der Waals surface area contributed by atoms with Gasteiger partial charge in [-0.1, -0.05) is 12.8 Å². The number of hydrogen-bond acceptors (Lipinski definition) is 5. The Hall–Kier alpha value is -2.65. The van der Waals surface area contributed by atoms with Gasteiger partial charge in [0.1, 0.15) is 22.2 Å². The van der Waals surface area contributed by atoms with Crippen LogP contribution in [0.1, 0.15) is 48.9 Å². The van der Waals surface area contributed by atoms with Crippen LogP contribution in [0.25, 0.3) is 0 Å². The van der Waals surface area contributed by atoms with Gasteiger partial charge < -0.3 is 14.8 Å². The van der Waals surface area contributed by atoms with Crippen LogP contribution in [0.3, 0.4) is 0 Å². The molecule has 1 aliphatic rings. The van der Waals surface area contributed by atoms with Crippen molar-refractivity contribution in [1.82, 2.24) is 9.62 Å². The van der Waals surface area contributed by atoms with E-state index in [9.17, 15) is 17.6 Å². The minimum atomic E-state index is -3.76. The molecule has 2 aromatic carbocycles. The van der Waals surface area contributed by atoms with Crippen LogP contribution in [0.4, 0.5) is 4.39 Å². The number of sulfonamides is 1. The molecule has 0 aromatic heterocycles. The molecule has 1 amide bonds. The first kappa shape index (κ1) is 25.0. The Labute approximate surface area is 194 Å². The first-order chi connectivity index (χ1) is 15.9. The molecule has 1 saturated heterocycles. The van der Waals surface area contributed by atoms with Crippen LogP contribution in [0.5, 0.6) is 11.5 Å². The third-order valence-electron chi connectivity index (χ3n) is 5.55. The Kier molecular flexibility index (Phi) is 9.08. The van der Waals surface area contributed by atoms with Crippen LogP contribution >= 0.6 is 0 Å². The molecule has 0 bridgehead atoms. The minimum Gasteiger partial charge on any atom is -0.495 e. The zero-order chi connectivity index (χ0) is 23.7. The fourth-order valence-corrected chi connectivity index (χ4v) is 5.39. The Morgan fingerprint density at radius 3 is 2.39 bits per heavy atom. The Balaban J connectivity index is 1.55. The summed E-state index contributed by atoms with van der Waals surface area (Å²) >= 11 is 0. The monoisotopic (exact) mass is 478 g/mol. The van der Waals surface area contributed by atoms with Crippen molar-refractivity contribution < 1.29 is 27.1 Å². The number of hydrogen-bond donors (Lipinski definition) is 1. The third kappa shape index (κ3) is 6.91. The molecule has 2 aromatic rings. The lowest BCUT2D eigenvalue weighted by molar-refractivity contribution is 0.0952. The largest absolute Gasteiger partial charge is 0.495 e. The van der Waals surface area contributed by atoms with Gasteiger partial charge in [0.25, 0.3) is 5.91 Å². The molecule has 0 radical (unpaired) electrons. The molecule has 33 heavy (non-hydrogen) atoms. The summed E-state index contributed by atoms with van der Waals surface area (Å²) in [6.45, 7) is 1.82. The van der Waals surface area contributed by atoms with E-state index in [-0.39, 0.29) is 27.9 Å². The summed E-state index contributed by atoms with van der Waals surface area (Å²) in [4.78, 5) is 12.6. The van der Waals surface area contributed by atoms with Crippen molar-refractivity contribution in [1.29, 1.82) is 0 Å². The topological polar surface area (TPSA) is 84.9 Å². The molecule has 7 nitrogen and oxygen atoms in total. The Morgan fingerprint density at radius 2 is 1.73 bits per heavy atom. The van der Waals surface area contributed by atoms with Crippen LogP contribution in [-0.2, 0) is 10.0 Å². The van der Waals surface area contributed by atoms with E-state index in [1.54, 1.807) is 18.2 Å². The van der Waals surface area contributed by atoms with Gasteiger partial charge in [0.2, 0.25) is 10.0 Å². The van der Waals surface area contributed by atoms with Crippen molar-refractivity contribution in [3.05, 3.63) is 53.8 Å². The van der Waals surface area contributed by atoms with Crippen molar-refractivity contribution in [3.8, 4) is 11.5 Å². The van der Waals surface area contributed by atoms with Gasteiger partial charge in [-0.05, 0) is 68.1 Å². The number of halogens is 1. The molecular weight excluding hydrogens is 447 g/mol. The standard InChI is InChI=1S/C24H31FN2O5S/c1-31-22-13-8-19(18-23(22)33(29,30)27-15-5-2-3-6-16-27)24(28)26-14-4-7-17-32-21-11-9-20(25)10-12-21/h8-13,18H,2-7,14-17H2,1H3,(H,26,28). The first-order valence-electron chi connectivity index (χ1n) is 11.3. The maximum Gasteiger partial charge on any atom is 0.251 e. The molecule has 0 aliphatic carbocycles. The zero-order valence-corrected chi connectivity index (χ0v) is 19.7. The second-order valence-electron chi connectivity index (χ2n) is 7.95. The number of nitrogens with one attached hydrogen (secondary N) is 1. The molecule has 0 unspecified atom stereocenters. The molecule has 0 spiro atoms. The van der Waals surface area contributed by atoms with Gasteiger partial charge in [0.15, 0.2) is 0 Å². The van der Waals surface area contributed by atoms with Gasteiger partial charge in [0.05, 0.1) is 13.7 Å². The quantitative estimate of drug-likeness (QED) is 0.522. The maximum absolute atomic E-state index is 13.2. The number of carbonyl (C=O) groups is 1. The number of ether oxygens (including phenoxy) is 2. The van der Waals surface area contributed by atoms with Crippen LogP contribution < -0.4 is 14.8 Å². The first-order valence-corrected chi connectivity index (χ1v) is 12.7. The highest BCUT2D eigenvalue weighted by molar-refractivity contribution is 7.89. The van der Waals surface area contributed by atoms with Crippen molar-refractivity contribution in [2.24, 2.45) is 0 Å². The predicted molar refractivity (Wildman–Crippen MR) is 124 cm³/mol. The molecule has 0 atom stereocenters. The van der Waals surface area contributed by atoms with E-state index in [1.165, 1.54) is 35.7 Å². The van der Waals surface area contributed by atoms with Crippen LogP contribution in [0.15, 0.2) is 47.4 Å². The number of methoxy groups -OCH3 is 1. The predicted octanol–water partition coefficient (Wildman–Crippen LogP) is 3.99. The number of amides is 1. The SMILES string of the molecule is COc1ccc(C(=O)NCCCCOc2ccc(F)cc2)cc1S(=O)(=O)N1CCCCCC1. The van der Waals surface area contributed by atoms with Crippen LogP contribution in [0, 0.1) is 5.82 Å². The lowest BCUT2D eigenvalue weighted by Crippen LogP contribution is -2.32. The van der Waals surface area contributed by atoms with E-state index in [0.29, 0.717) is 44.8 Å². The van der Waals surface area contributed by atoms with Gasteiger partial charge in [-0.15, -0.1) is 0 Å². The van der Waals surface area contributed by atoms with Crippen LogP contribution in [0.2, 0.25) is 0 Å². The average Bonchev–Trinajstić information content (AvgIpc) is 3.12. The van der Waals surface area contributed by atoms with Crippen LogP contribution in [-0.4, -0.2) is 52.0 Å². The lowest BCUT2D eigenvalue weighted by Gasteiger charge is -2.21. The molecule has 180 valence electrons. The number of carbonyl (C=O) groups excluding carboxylic acids is 1. The van der Waals surface area contributed by atoms with Gasteiger partial charge >= 0.3 is 0 Å². The second kappa shape index (κ2) is 12.0. The van der Waals surface area contributed by atoms with E-state index in [4.69, 9.17) is 9.47 Å². The highest BCUT2D eigenvalue weighted by Gasteiger charge is 2.29. The van der Waals surface area contributed by atoms with Gasteiger partial charge in [-0.2, -0.15) is 4.31 Å². The Bertz CT molecular complexity index is 1020. The minimum absolute atomic E-state index is 0.0206. The summed E-state index contributed by atoms with van der Waals surface area (Å²) in [7, 11) is -2.34. The Morgan fingerprint density at radius 1 is 1.03 bits per heavy atom. The molecule has 0 saturated carbocycles. The molecular formula is C24H31FN2O5S. The molecule has 9 heteroatoms. The summed E-state index contributed by atoms with van der Waals surface area (Å²) < 4.78 is 51.7. The molecule has 1 heterocycles. The van der Waals surface area contributed by atoms with Crippen molar-refractivity contribution in [3.63, 3.8) is 0 Å². The van der Waals surface area contributed by atoms with E-state index < -0.39 is 10.0 Å². The highest BCUT2D eigenvalue weighted by Crippen LogP contribution is 2.29. The van der Waals surface area contributed by atoms with E-state index >= 15 is 0 Å². The molecule has 1 N–H and O–H groups in total. The van der Waals surface area contributed by atoms with Gasteiger partial charge in [0, 0.05) is 25.2 Å². The smallest absolute Gasteiger partial charge is 0.251 e. The fourth-order valence-electron chi connectivity index (χ4n) is 3.69. The fraction of sp³-hybridized carbons (Fsp3) is 0.458. The van der Waals surface area contributed by atoms with Crippen molar-refractivity contribution in [2.75, 3.05) is 33.4 Å². The summed E-state index contributed by atoms with van der Waals surface area (Å²) in [6, 6.07) is 10.3. The number of benzene rings is 2. The normalized spacial score (nSPS) is 15.0. The third-order valence-corrected chi connectivity index (χ3v) is 7.47. The molecule has 3 rings (SSSR count). The number of unbranched alkanes of at least 4 members (excludes halogenated alkanes) is 1. The number of nitrogens with zero attached hydrogens (tertiary/aromatic N) is 1. The second-order valence-corrected chi connectivity index (χ2v) is 9.86. The summed E-state index contributed by atoms with van der Waals surface area (Å²) in [5.74, 6) is 0.168. The maximum atomic E-state index is 13.2. The highest BCUT2D eigenvalue weighted by atomic mass is 32.2. The van der Waals surface area contributed by atoms with E-state index in [0.717, 1.165) is 25.7 Å². The van der Waals surface area contributed by atoms with Crippen molar-refractivity contribution in [2.45, 2.75) is 43.4 Å². The van der Waals surface area contributed by atoms with E-state index in [2.05, 4.69) is 5.32 Å². The van der Waals surface area contributed by atoms with E-state index in [1.807, 2.05) is 0 Å².